The second kappa shape index (κ2) is 4.80. The molecular formula is C11H8BrF5N2O2S2. The van der Waals surface area contributed by atoms with E-state index in [1.165, 1.54) is 18.3 Å². The third-order valence-corrected chi connectivity index (χ3v) is 5.73. The van der Waals surface area contributed by atoms with Crippen LogP contribution in [0.3, 0.4) is 0 Å². The fourth-order valence-electron chi connectivity index (χ4n) is 1.53. The number of rotatable bonds is 4. The Bertz CT molecular complexity index is 858. The average molecular weight is 439 g/mol. The molecule has 0 unspecified atom stereocenters. The molecule has 0 saturated carbocycles. The van der Waals surface area contributed by atoms with Crippen LogP contribution in [0.4, 0.5) is 25.1 Å². The monoisotopic (exact) mass is 438 g/mol. The van der Waals surface area contributed by atoms with Gasteiger partial charge in [0.05, 0.1) is 5.69 Å². The van der Waals surface area contributed by atoms with Crippen LogP contribution in [-0.4, -0.2) is 13.4 Å². The first kappa shape index (κ1) is 17.9. The number of anilines is 1. The third kappa shape index (κ3) is 4.32. The maximum atomic E-state index is 12.7. The van der Waals surface area contributed by atoms with Crippen molar-refractivity contribution in [3.8, 4) is 0 Å². The SMILES string of the molecule is O=S(=O)(Nc1ccc(S(F)(F)(F)(F)F)cc1Br)c1cccnc1. The third-order valence-electron chi connectivity index (χ3n) is 2.58. The zero-order chi connectivity index (χ0) is 17.6. The van der Waals surface area contributed by atoms with Crippen LogP contribution in [0.25, 0.3) is 0 Å². The summed E-state index contributed by atoms with van der Waals surface area (Å²) in [6.45, 7) is 0. The minimum Gasteiger partial charge on any atom is -0.278 e. The summed E-state index contributed by atoms with van der Waals surface area (Å²) in [6.07, 6.45) is 2.36. The summed E-state index contributed by atoms with van der Waals surface area (Å²) in [5.74, 6) is 0. The molecule has 2 aromatic rings. The molecule has 1 N–H and O–H groups in total. The van der Waals surface area contributed by atoms with E-state index in [1.807, 2.05) is 4.72 Å². The molecule has 1 aromatic heterocycles. The molecule has 0 aliphatic heterocycles. The largest absolute Gasteiger partial charge is 0.310 e. The normalized spacial score (nSPS) is 15.6. The molecule has 1 heterocycles. The molecule has 0 aliphatic carbocycles. The number of sulfonamides is 1. The summed E-state index contributed by atoms with van der Waals surface area (Å²) in [4.78, 5) is 1.25. The molecule has 23 heavy (non-hydrogen) atoms. The van der Waals surface area contributed by atoms with Crippen LogP contribution in [0.5, 0.6) is 0 Å². The van der Waals surface area contributed by atoms with Gasteiger partial charge >= 0.3 is 10.2 Å². The van der Waals surface area contributed by atoms with Crippen molar-refractivity contribution < 1.29 is 27.8 Å². The average Bonchev–Trinajstić information content (AvgIpc) is 2.39. The first-order chi connectivity index (χ1) is 10.2. The van der Waals surface area contributed by atoms with E-state index >= 15 is 0 Å². The first-order valence-corrected chi connectivity index (χ1v) is 9.88. The summed E-state index contributed by atoms with van der Waals surface area (Å²) in [5, 5.41) is 0. The number of aromatic nitrogens is 1. The van der Waals surface area contributed by atoms with Gasteiger partial charge in [0.15, 0.2) is 0 Å². The lowest BCUT2D eigenvalue weighted by molar-refractivity contribution is 0.364. The van der Waals surface area contributed by atoms with Crippen LogP contribution in [0, 0.1) is 0 Å². The van der Waals surface area contributed by atoms with E-state index in [0.29, 0.717) is 6.07 Å². The van der Waals surface area contributed by atoms with Crippen LogP contribution in [0.2, 0.25) is 0 Å². The topological polar surface area (TPSA) is 59.1 Å². The second-order valence-corrected chi connectivity index (χ2v) is 9.35. The summed E-state index contributed by atoms with van der Waals surface area (Å²) < 4.78 is 89.0. The van der Waals surface area contributed by atoms with Gasteiger partial charge < -0.3 is 0 Å². The highest BCUT2D eigenvalue weighted by atomic mass is 79.9. The van der Waals surface area contributed by atoms with E-state index in [-0.39, 0.29) is 22.7 Å². The maximum Gasteiger partial charge on any atom is 0.310 e. The number of nitrogens with zero attached hydrogens (tertiary/aromatic N) is 1. The van der Waals surface area contributed by atoms with Crippen molar-refractivity contribution in [3.05, 3.63) is 47.2 Å². The second-order valence-electron chi connectivity index (χ2n) is 4.40. The van der Waals surface area contributed by atoms with Crippen molar-refractivity contribution in [1.82, 2.24) is 4.98 Å². The van der Waals surface area contributed by atoms with Gasteiger partial charge in [-0.3, -0.25) is 9.71 Å². The quantitative estimate of drug-likeness (QED) is 0.658. The Labute approximate surface area is 136 Å². The van der Waals surface area contributed by atoms with E-state index in [1.54, 1.807) is 0 Å². The van der Waals surface area contributed by atoms with E-state index in [2.05, 4.69) is 20.9 Å². The van der Waals surface area contributed by atoms with Gasteiger partial charge in [0, 0.05) is 16.9 Å². The minimum absolute atomic E-state index is 0.118. The van der Waals surface area contributed by atoms with Gasteiger partial charge in [0.1, 0.15) is 9.79 Å². The van der Waals surface area contributed by atoms with E-state index in [0.717, 1.165) is 6.20 Å². The Hall–Kier alpha value is -1.40. The molecule has 0 aliphatic rings. The number of benzene rings is 1. The molecular weight excluding hydrogens is 431 g/mol. The summed E-state index contributed by atoms with van der Waals surface area (Å²) >= 11 is 2.66. The molecule has 2 rings (SSSR count). The summed E-state index contributed by atoms with van der Waals surface area (Å²) in [5.41, 5.74) is -0.320. The molecule has 1 aromatic carbocycles. The fraction of sp³-hybridized carbons (Fsp3) is 0. The zero-order valence-electron chi connectivity index (χ0n) is 10.9. The Morgan fingerprint density at radius 1 is 1.09 bits per heavy atom. The molecule has 12 heteroatoms. The standard InChI is InChI=1S/C11H8BrF5N2O2S2/c12-10-6-9(23(13,14,15,16)17)3-4-11(10)19-22(20,21)8-2-1-5-18-7-8/h1-7,19H. The number of nitrogens with one attached hydrogen (secondary N) is 1. The van der Waals surface area contributed by atoms with Gasteiger partial charge in [0.25, 0.3) is 10.0 Å². The Kier molecular flexibility index (Phi) is 3.75. The highest BCUT2D eigenvalue weighted by Crippen LogP contribution is 3.02. The minimum atomic E-state index is -9.84. The number of hydrogen-bond acceptors (Lipinski definition) is 3. The molecule has 4 nitrogen and oxygen atoms in total. The maximum absolute atomic E-state index is 12.7. The molecule has 0 spiro atoms. The van der Waals surface area contributed by atoms with Crippen molar-refractivity contribution in [2.75, 3.05) is 4.72 Å². The first-order valence-electron chi connectivity index (χ1n) is 5.65. The van der Waals surface area contributed by atoms with Gasteiger partial charge in [-0.25, -0.2) is 8.42 Å². The highest BCUT2D eigenvalue weighted by Gasteiger charge is 2.65. The number of halogens is 6. The van der Waals surface area contributed by atoms with E-state index in [4.69, 9.17) is 0 Å². The zero-order valence-corrected chi connectivity index (χ0v) is 14.1. The molecule has 128 valence electrons. The lowest BCUT2D eigenvalue weighted by Gasteiger charge is -2.40. The van der Waals surface area contributed by atoms with Gasteiger partial charge in [-0.05, 0) is 46.3 Å². The fourth-order valence-corrected chi connectivity index (χ4v) is 4.00. The summed E-state index contributed by atoms with van der Waals surface area (Å²) in [6, 6.07) is 3.41. The number of pyridine rings is 1. The van der Waals surface area contributed by atoms with E-state index < -0.39 is 29.6 Å². The highest BCUT2D eigenvalue weighted by molar-refractivity contribution is 9.10. The van der Waals surface area contributed by atoms with Crippen molar-refractivity contribution in [1.29, 1.82) is 0 Å². The van der Waals surface area contributed by atoms with Crippen LogP contribution in [0.1, 0.15) is 0 Å². The summed E-state index contributed by atoms with van der Waals surface area (Å²) in [7, 11) is -14.0. The van der Waals surface area contributed by atoms with Crippen molar-refractivity contribution >= 4 is 41.9 Å². The Morgan fingerprint density at radius 2 is 1.74 bits per heavy atom. The smallest absolute Gasteiger partial charge is 0.278 e. The molecule has 0 saturated heterocycles. The predicted octanol–water partition coefficient (Wildman–Crippen LogP) is 5.30. The number of hydrogen-bond donors (Lipinski definition) is 1. The van der Waals surface area contributed by atoms with Crippen LogP contribution >= 0.6 is 26.2 Å². The lowest BCUT2D eigenvalue weighted by Crippen LogP contribution is -2.14. The van der Waals surface area contributed by atoms with Crippen LogP contribution in [-0.2, 0) is 10.0 Å². The molecule has 0 fully saturated rings. The predicted molar refractivity (Wildman–Crippen MR) is 80.6 cm³/mol. The van der Waals surface area contributed by atoms with Gasteiger partial charge in [-0.1, -0.05) is 19.4 Å². The molecule has 0 atom stereocenters. The van der Waals surface area contributed by atoms with Crippen molar-refractivity contribution in [2.24, 2.45) is 0 Å². The van der Waals surface area contributed by atoms with E-state index in [9.17, 15) is 27.8 Å². The van der Waals surface area contributed by atoms with Crippen molar-refractivity contribution in [3.63, 3.8) is 0 Å². The van der Waals surface area contributed by atoms with Gasteiger partial charge in [-0.15, -0.1) is 0 Å². The molecule has 0 radical (unpaired) electrons. The van der Waals surface area contributed by atoms with Gasteiger partial charge in [0.2, 0.25) is 0 Å². The van der Waals surface area contributed by atoms with Crippen molar-refractivity contribution in [2.45, 2.75) is 9.79 Å². The van der Waals surface area contributed by atoms with Crippen LogP contribution < -0.4 is 4.72 Å². The molecule has 0 amide bonds. The molecule has 0 bridgehead atoms. The van der Waals surface area contributed by atoms with Gasteiger partial charge in [-0.2, -0.15) is 0 Å². The lowest BCUT2D eigenvalue weighted by atomic mass is 10.3. The Morgan fingerprint density at radius 3 is 2.22 bits per heavy atom. The Balaban J connectivity index is 2.41. The van der Waals surface area contributed by atoms with Crippen LogP contribution in [0.15, 0.2) is 57.0 Å².